The molecule has 2 heterocycles. The number of nitrogens with one attached hydrogen (secondary N) is 2. The Balaban J connectivity index is 0.000000182. The molecular weight excluding hydrogens is 412 g/mol. The van der Waals surface area contributed by atoms with Gasteiger partial charge in [-0.1, -0.05) is 36.4 Å². The second-order valence-corrected chi connectivity index (χ2v) is 7.60. The summed E-state index contributed by atoms with van der Waals surface area (Å²) in [6.45, 7) is 3.77. The van der Waals surface area contributed by atoms with Gasteiger partial charge in [0.1, 0.15) is 0 Å². The molecule has 2 aromatic rings. The van der Waals surface area contributed by atoms with Crippen molar-refractivity contribution >= 4 is 23.4 Å². The van der Waals surface area contributed by atoms with Crippen LogP contribution < -0.4 is 16.4 Å². The van der Waals surface area contributed by atoms with Gasteiger partial charge in [0.25, 0.3) is 5.69 Å². The fraction of sp³-hybridized carbons (Fsp3) is 0.364. The van der Waals surface area contributed by atoms with Crippen LogP contribution in [0.15, 0.2) is 48.5 Å². The summed E-state index contributed by atoms with van der Waals surface area (Å²) in [7, 11) is 0. The van der Waals surface area contributed by atoms with Crippen LogP contribution in [0.4, 0.5) is 21.0 Å². The predicted octanol–water partition coefficient (Wildman–Crippen LogP) is 2.69. The number of nitrogens with two attached hydrogens (primary N) is 1. The molecule has 4 amide bonds. The van der Waals surface area contributed by atoms with Crippen molar-refractivity contribution in [2.45, 2.75) is 25.9 Å². The molecule has 2 aliphatic heterocycles. The molecule has 4 N–H and O–H groups in total. The second kappa shape index (κ2) is 11.0. The summed E-state index contributed by atoms with van der Waals surface area (Å²) in [5, 5.41) is 16.4. The molecule has 4 rings (SSSR count). The first-order valence-electron chi connectivity index (χ1n) is 10.6. The zero-order chi connectivity index (χ0) is 22.9. The molecule has 0 atom stereocenters. The Hall–Kier alpha value is -3.82. The SMILES string of the molecule is Nc1ccccc1CN1CCCNC1=O.O=C1NCCCN1Cc1ccccc1[N+](=O)[O-]. The Morgan fingerprint density at radius 2 is 1.34 bits per heavy atom. The van der Waals surface area contributed by atoms with Crippen molar-refractivity contribution in [3.63, 3.8) is 0 Å². The normalized spacial score (nSPS) is 15.9. The summed E-state index contributed by atoms with van der Waals surface area (Å²) in [4.78, 5) is 36.8. The number of nitrogens with zero attached hydrogens (tertiary/aromatic N) is 3. The van der Waals surface area contributed by atoms with E-state index in [-0.39, 0.29) is 24.3 Å². The Labute approximate surface area is 186 Å². The quantitative estimate of drug-likeness (QED) is 0.373. The maximum absolute atomic E-state index is 11.5. The van der Waals surface area contributed by atoms with Crippen LogP contribution in [0.2, 0.25) is 0 Å². The van der Waals surface area contributed by atoms with Gasteiger partial charge in [0.05, 0.1) is 11.5 Å². The van der Waals surface area contributed by atoms with E-state index in [4.69, 9.17) is 5.73 Å². The Kier molecular flexibility index (Phi) is 7.85. The summed E-state index contributed by atoms with van der Waals surface area (Å²) in [6, 6.07) is 14.0. The third kappa shape index (κ3) is 6.10. The predicted molar refractivity (Wildman–Crippen MR) is 121 cm³/mol. The molecule has 10 nitrogen and oxygen atoms in total. The Morgan fingerprint density at radius 1 is 0.844 bits per heavy atom. The minimum atomic E-state index is -0.419. The standard InChI is InChI=1S/C11H13N3O3.C11H15N3O/c15-11-12-6-3-7-13(11)8-9-4-1-2-5-10(9)14(16)17;12-10-5-2-1-4-9(10)8-14-7-3-6-13-11(14)15/h1-2,4-5H,3,6-8H2,(H,12,15);1-2,4-5H,3,6-8,12H2,(H,13,15). The smallest absolute Gasteiger partial charge is 0.317 e. The van der Waals surface area contributed by atoms with Gasteiger partial charge in [-0.25, -0.2) is 9.59 Å². The molecule has 32 heavy (non-hydrogen) atoms. The number of amides is 4. The maximum Gasteiger partial charge on any atom is 0.317 e. The molecule has 10 heteroatoms. The zero-order valence-corrected chi connectivity index (χ0v) is 17.8. The van der Waals surface area contributed by atoms with E-state index in [0.29, 0.717) is 25.2 Å². The number of benzene rings is 2. The van der Waals surface area contributed by atoms with Crippen molar-refractivity contribution in [1.29, 1.82) is 0 Å². The summed E-state index contributed by atoms with van der Waals surface area (Å²) in [5.41, 5.74) is 8.21. The van der Waals surface area contributed by atoms with Crippen LogP contribution in [-0.4, -0.2) is 53.0 Å². The Morgan fingerprint density at radius 3 is 1.88 bits per heavy atom. The van der Waals surface area contributed by atoms with Crippen molar-refractivity contribution in [3.8, 4) is 0 Å². The van der Waals surface area contributed by atoms with Crippen molar-refractivity contribution < 1.29 is 14.5 Å². The van der Waals surface area contributed by atoms with Crippen LogP contribution in [-0.2, 0) is 13.1 Å². The van der Waals surface area contributed by atoms with Crippen molar-refractivity contribution in [2.75, 3.05) is 31.9 Å². The van der Waals surface area contributed by atoms with Gasteiger partial charge in [-0.2, -0.15) is 0 Å². The van der Waals surface area contributed by atoms with E-state index in [0.717, 1.165) is 37.2 Å². The van der Waals surface area contributed by atoms with Crippen LogP contribution in [0.25, 0.3) is 0 Å². The molecular formula is C22H28N6O4. The molecule has 2 saturated heterocycles. The molecule has 0 radical (unpaired) electrons. The summed E-state index contributed by atoms with van der Waals surface area (Å²) in [5.74, 6) is 0. The van der Waals surface area contributed by atoms with E-state index >= 15 is 0 Å². The highest BCUT2D eigenvalue weighted by Crippen LogP contribution is 2.20. The number of rotatable bonds is 5. The molecule has 0 saturated carbocycles. The van der Waals surface area contributed by atoms with Crippen LogP contribution in [0.3, 0.4) is 0 Å². The van der Waals surface area contributed by atoms with Gasteiger partial charge in [0, 0.05) is 50.0 Å². The minimum absolute atomic E-state index is 0.00417. The fourth-order valence-corrected chi connectivity index (χ4v) is 3.57. The van der Waals surface area contributed by atoms with E-state index in [1.54, 1.807) is 28.0 Å². The highest BCUT2D eigenvalue weighted by atomic mass is 16.6. The largest absolute Gasteiger partial charge is 0.398 e. The van der Waals surface area contributed by atoms with Gasteiger partial charge in [0.2, 0.25) is 0 Å². The average molecular weight is 441 g/mol. The minimum Gasteiger partial charge on any atom is -0.398 e. The zero-order valence-electron chi connectivity index (χ0n) is 17.8. The number of para-hydroxylation sites is 2. The van der Waals surface area contributed by atoms with Crippen LogP contribution in [0.5, 0.6) is 0 Å². The first-order chi connectivity index (χ1) is 15.5. The van der Waals surface area contributed by atoms with Crippen molar-refractivity contribution in [3.05, 3.63) is 69.8 Å². The number of nitrogen functional groups attached to an aromatic ring is 1. The third-order valence-electron chi connectivity index (χ3n) is 5.30. The van der Waals surface area contributed by atoms with Crippen molar-refractivity contribution in [1.82, 2.24) is 20.4 Å². The number of nitro benzene ring substituents is 1. The lowest BCUT2D eigenvalue weighted by Crippen LogP contribution is -2.45. The van der Waals surface area contributed by atoms with E-state index in [1.807, 2.05) is 24.3 Å². The van der Waals surface area contributed by atoms with Gasteiger partial charge < -0.3 is 26.2 Å². The molecule has 2 aliphatic rings. The number of nitro groups is 1. The lowest BCUT2D eigenvalue weighted by Gasteiger charge is -2.27. The van der Waals surface area contributed by atoms with Crippen LogP contribution in [0, 0.1) is 10.1 Å². The highest BCUT2D eigenvalue weighted by molar-refractivity contribution is 5.75. The number of carbonyl (C=O) groups excluding carboxylic acids is 2. The molecule has 2 aromatic carbocycles. The number of urea groups is 2. The second-order valence-electron chi connectivity index (χ2n) is 7.60. The summed E-state index contributed by atoms with van der Waals surface area (Å²) >= 11 is 0. The summed E-state index contributed by atoms with van der Waals surface area (Å²) < 4.78 is 0. The number of hydrogen-bond acceptors (Lipinski definition) is 5. The molecule has 0 aliphatic carbocycles. The van der Waals surface area contributed by atoms with E-state index < -0.39 is 4.92 Å². The van der Waals surface area contributed by atoms with E-state index in [1.165, 1.54) is 6.07 Å². The molecule has 0 unspecified atom stereocenters. The number of hydrogen-bond donors (Lipinski definition) is 3. The van der Waals surface area contributed by atoms with Crippen LogP contribution in [0.1, 0.15) is 24.0 Å². The van der Waals surface area contributed by atoms with Gasteiger partial charge >= 0.3 is 12.1 Å². The lowest BCUT2D eigenvalue weighted by atomic mass is 10.1. The Bertz CT molecular complexity index is 967. The fourth-order valence-electron chi connectivity index (χ4n) is 3.57. The van der Waals surface area contributed by atoms with Gasteiger partial charge in [0.15, 0.2) is 0 Å². The monoisotopic (exact) mass is 440 g/mol. The first kappa shape index (κ1) is 22.9. The molecule has 0 spiro atoms. The third-order valence-corrected chi connectivity index (χ3v) is 5.30. The van der Waals surface area contributed by atoms with Gasteiger partial charge in [-0.3, -0.25) is 10.1 Å². The van der Waals surface area contributed by atoms with E-state index in [2.05, 4.69) is 10.6 Å². The number of carbonyl (C=O) groups is 2. The van der Waals surface area contributed by atoms with Crippen molar-refractivity contribution in [2.24, 2.45) is 0 Å². The van der Waals surface area contributed by atoms with Gasteiger partial charge in [-0.15, -0.1) is 0 Å². The van der Waals surface area contributed by atoms with Gasteiger partial charge in [-0.05, 0) is 24.5 Å². The average Bonchev–Trinajstić information content (AvgIpc) is 2.79. The summed E-state index contributed by atoms with van der Waals surface area (Å²) in [6.07, 6.45) is 1.87. The first-order valence-corrected chi connectivity index (χ1v) is 10.6. The number of anilines is 1. The topological polar surface area (TPSA) is 134 Å². The van der Waals surface area contributed by atoms with E-state index in [9.17, 15) is 19.7 Å². The highest BCUT2D eigenvalue weighted by Gasteiger charge is 2.21. The maximum atomic E-state index is 11.5. The lowest BCUT2D eigenvalue weighted by molar-refractivity contribution is -0.385. The molecule has 0 bridgehead atoms. The molecule has 0 aromatic heterocycles. The molecule has 170 valence electrons. The van der Waals surface area contributed by atoms with Crippen LogP contribution >= 0.6 is 0 Å². The molecule has 2 fully saturated rings.